The predicted molar refractivity (Wildman–Crippen MR) is 49.5 cm³/mol. The SMILES string of the molecule is N#C/C=C1/C[C@@H]2CN(C(=O)O)C[C@@H]2C1. The molecule has 0 radical (unpaired) electrons. The topological polar surface area (TPSA) is 64.3 Å². The van der Waals surface area contributed by atoms with Crippen LogP contribution in [0.15, 0.2) is 11.6 Å². The van der Waals surface area contributed by atoms with Crippen molar-refractivity contribution in [2.24, 2.45) is 11.8 Å². The quantitative estimate of drug-likeness (QED) is 0.591. The summed E-state index contributed by atoms with van der Waals surface area (Å²) in [7, 11) is 0. The number of amides is 1. The fraction of sp³-hybridized carbons (Fsp3) is 0.600. The first-order valence-corrected chi connectivity index (χ1v) is 4.76. The molecule has 1 aliphatic carbocycles. The van der Waals surface area contributed by atoms with Gasteiger partial charge in [-0.2, -0.15) is 5.26 Å². The number of hydrogen-bond acceptors (Lipinski definition) is 2. The van der Waals surface area contributed by atoms with Crippen LogP contribution in [-0.4, -0.2) is 29.2 Å². The first-order chi connectivity index (χ1) is 6.70. The van der Waals surface area contributed by atoms with Gasteiger partial charge in [0.2, 0.25) is 0 Å². The highest BCUT2D eigenvalue weighted by Crippen LogP contribution is 2.40. The second-order valence-corrected chi connectivity index (χ2v) is 4.05. The molecule has 4 nitrogen and oxygen atoms in total. The summed E-state index contributed by atoms with van der Waals surface area (Å²) in [5, 5.41) is 17.3. The van der Waals surface area contributed by atoms with E-state index in [2.05, 4.69) is 0 Å². The van der Waals surface area contributed by atoms with E-state index in [9.17, 15) is 4.79 Å². The lowest BCUT2D eigenvalue weighted by Gasteiger charge is -2.12. The lowest BCUT2D eigenvalue weighted by atomic mass is 10.0. The number of carboxylic acid groups (broad SMARTS) is 1. The number of rotatable bonds is 0. The van der Waals surface area contributed by atoms with Crippen LogP contribution >= 0.6 is 0 Å². The van der Waals surface area contributed by atoms with E-state index < -0.39 is 6.09 Å². The van der Waals surface area contributed by atoms with E-state index in [4.69, 9.17) is 10.4 Å². The van der Waals surface area contributed by atoms with E-state index in [1.165, 1.54) is 10.5 Å². The van der Waals surface area contributed by atoms with Crippen molar-refractivity contribution < 1.29 is 9.90 Å². The van der Waals surface area contributed by atoms with Crippen LogP contribution in [0.5, 0.6) is 0 Å². The van der Waals surface area contributed by atoms with Crippen molar-refractivity contribution in [3.8, 4) is 6.07 Å². The van der Waals surface area contributed by atoms with Gasteiger partial charge in [-0.05, 0) is 24.7 Å². The molecule has 14 heavy (non-hydrogen) atoms. The molecule has 0 aromatic carbocycles. The van der Waals surface area contributed by atoms with Crippen molar-refractivity contribution in [1.82, 2.24) is 4.90 Å². The third-order valence-electron chi connectivity index (χ3n) is 3.16. The molecule has 0 aromatic rings. The molecular formula is C10H12N2O2. The van der Waals surface area contributed by atoms with Crippen molar-refractivity contribution in [2.45, 2.75) is 12.8 Å². The highest BCUT2D eigenvalue weighted by Gasteiger charge is 2.39. The molecule has 1 aliphatic heterocycles. The molecule has 2 atom stereocenters. The fourth-order valence-corrected chi connectivity index (χ4v) is 2.52. The second kappa shape index (κ2) is 3.33. The van der Waals surface area contributed by atoms with Crippen molar-refractivity contribution in [3.63, 3.8) is 0 Å². The van der Waals surface area contributed by atoms with E-state index in [0.717, 1.165) is 12.8 Å². The molecule has 1 N–H and O–H groups in total. The number of likely N-dealkylation sites (tertiary alicyclic amines) is 1. The summed E-state index contributed by atoms with van der Waals surface area (Å²) in [5.41, 5.74) is 1.19. The van der Waals surface area contributed by atoms with Gasteiger partial charge in [-0.15, -0.1) is 0 Å². The highest BCUT2D eigenvalue weighted by atomic mass is 16.4. The molecule has 1 heterocycles. The zero-order chi connectivity index (χ0) is 10.1. The van der Waals surface area contributed by atoms with E-state index in [1.54, 1.807) is 6.08 Å². The number of hydrogen-bond donors (Lipinski definition) is 1. The zero-order valence-electron chi connectivity index (χ0n) is 7.81. The molecule has 1 saturated carbocycles. The second-order valence-electron chi connectivity index (χ2n) is 4.05. The largest absolute Gasteiger partial charge is 0.465 e. The van der Waals surface area contributed by atoms with Crippen LogP contribution < -0.4 is 0 Å². The van der Waals surface area contributed by atoms with Gasteiger partial charge in [0.25, 0.3) is 0 Å². The average Bonchev–Trinajstić information content (AvgIpc) is 2.61. The Labute approximate surface area is 82.4 Å². The summed E-state index contributed by atoms with van der Waals surface area (Å²) >= 11 is 0. The van der Waals surface area contributed by atoms with Crippen LogP contribution in [0.3, 0.4) is 0 Å². The van der Waals surface area contributed by atoms with Gasteiger partial charge < -0.3 is 10.0 Å². The summed E-state index contributed by atoms with van der Waals surface area (Å²) in [6, 6.07) is 2.04. The maximum Gasteiger partial charge on any atom is 0.407 e. The molecular weight excluding hydrogens is 180 g/mol. The molecule has 1 amide bonds. The number of allylic oxidation sites excluding steroid dienone is 2. The minimum Gasteiger partial charge on any atom is -0.465 e. The van der Waals surface area contributed by atoms with Crippen LogP contribution in [0, 0.1) is 23.2 Å². The van der Waals surface area contributed by atoms with E-state index in [-0.39, 0.29) is 0 Å². The van der Waals surface area contributed by atoms with Gasteiger partial charge in [-0.3, -0.25) is 0 Å². The summed E-state index contributed by atoms with van der Waals surface area (Å²) in [6.07, 6.45) is 2.61. The minimum atomic E-state index is -0.815. The average molecular weight is 192 g/mol. The van der Waals surface area contributed by atoms with Gasteiger partial charge in [0.1, 0.15) is 0 Å². The Morgan fingerprint density at radius 1 is 1.50 bits per heavy atom. The van der Waals surface area contributed by atoms with Crippen LogP contribution in [-0.2, 0) is 0 Å². The highest BCUT2D eigenvalue weighted by molar-refractivity contribution is 5.65. The van der Waals surface area contributed by atoms with Crippen molar-refractivity contribution in [3.05, 3.63) is 11.6 Å². The summed E-state index contributed by atoms with van der Waals surface area (Å²) < 4.78 is 0. The molecule has 2 rings (SSSR count). The fourth-order valence-electron chi connectivity index (χ4n) is 2.52. The van der Waals surface area contributed by atoms with Crippen molar-refractivity contribution in [2.75, 3.05) is 13.1 Å². The molecule has 74 valence electrons. The van der Waals surface area contributed by atoms with Gasteiger partial charge in [0.15, 0.2) is 0 Å². The normalized spacial score (nSPS) is 33.1. The Kier molecular flexibility index (Phi) is 2.16. The Morgan fingerprint density at radius 2 is 2.07 bits per heavy atom. The van der Waals surface area contributed by atoms with Crippen LogP contribution in [0.25, 0.3) is 0 Å². The number of nitrogens with zero attached hydrogens (tertiary/aromatic N) is 2. The van der Waals surface area contributed by atoms with Crippen LogP contribution in [0.2, 0.25) is 0 Å². The van der Waals surface area contributed by atoms with Crippen LogP contribution in [0.4, 0.5) is 4.79 Å². The Hall–Kier alpha value is -1.50. The van der Waals surface area contributed by atoms with E-state index >= 15 is 0 Å². The Morgan fingerprint density at radius 3 is 2.50 bits per heavy atom. The van der Waals surface area contributed by atoms with Gasteiger partial charge in [-0.25, -0.2) is 4.79 Å². The zero-order valence-corrected chi connectivity index (χ0v) is 7.81. The first kappa shape index (κ1) is 9.07. The van der Waals surface area contributed by atoms with Crippen LogP contribution in [0.1, 0.15) is 12.8 Å². The lowest BCUT2D eigenvalue weighted by molar-refractivity contribution is 0.152. The summed E-state index contributed by atoms with van der Waals surface area (Å²) in [6.45, 7) is 1.28. The summed E-state index contributed by atoms with van der Waals surface area (Å²) in [4.78, 5) is 12.2. The maximum atomic E-state index is 10.7. The Bertz CT molecular complexity index is 314. The third-order valence-corrected chi connectivity index (χ3v) is 3.16. The molecule has 2 aliphatic rings. The third kappa shape index (κ3) is 1.46. The molecule has 0 unspecified atom stereocenters. The van der Waals surface area contributed by atoms with E-state index in [0.29, 0.717) is 24.9 Å². The summed E-state index contributed by atoms with van der Waals surface area (Å²) in [5.74, 6) is 0.899. The monoisotopic (exact) mass is 192 g/mol. The molecule has 0 bridgehead atoms. The van der Waals surface area contributed by atoms with Gasteiger partial charge >= 0.3 is 6.09 Å². The standard InChI is InChI=1S/C10H12N2O2/c11-2-1-7-3-8-5-12(10(13)14)6-9(8)4-7/h1,8-9H,3-6H2,(H,13,14)/b7-1-/t8-,9+/m1/s1. The molecule has 1 saturated heterocycles. The first-order valence-electron chi connectivity index (χ1n) is 4.76. The van der Waals surface area contributed by atoms with Gasteiger partial charge in [0.05, 0.1) is 6.07 Å². The Balaban J connectivity index is 2.00. The van der Waals surface area contributed by atoms with E-state index in [1.807, 2.05) is 6.07 Å². The molecule has 0 spiro atoms. The molecule has 4 heteroatoms. The number of carbonyl (C=O) groups is 1. The minimum absolute atomic E-state index is 0.450. The maximum absolute atomic E-state index is 10.7. The smallest absolute Gasteiger partial charge is 0.407 e. The number of fused-ring (bicyclic) bond motifs is 1. The molecule has 0 aromatic heterocycles. The lowest BCUT2D eigenvalue weighted by Crippen LogP contribution is -2.27. The molecule has 2 fully saturated rings. The predicted octanol–water partition coefficient (Wildman–Crippen LogP) is 1.46. The van der Waals surface area contributed by atoms with Crippen molar-refractivity contribution in [1.29, 1.82) is 5.26 Å². The van der Waals surface area contributed by atoms with Gasteiger partial charge in [0, 0.05) is 19.2 Å². The number of nitriles is 1. The van der Waals surface area contributed by atoms with Crippen molar-refractivity contribution >= 4 is 6.09 Å². The van der Waals surface area contributed by atoms with Gasteiger partial charge in [-0.1, -0.05) is 5.57 Å².